The van der Waals surface area contributed by atoms with E-state index in [-0.39, 0.29) is 5.69 Å². The number of non-ortho nitro benzene ring substituents is 1. The van der Waals surface area contributed by atoms with Crippen molar-refractivity contribution in [1.29, 1.82) is 0 Å². The minimum Gasteiger partial charge on any atom is -0.496 e. The first-order chi connectivity index (χ1) is 8.69. The molecule has 18 heavy (non-hydrogen) atoms. The third-order valence-electron chi connectivity index (χ3n) is 2.64. The van der Waals surface area contributed by atoms with Gasteiger partial charge in [0.25, 0.3) is 5.69 Å². The number of methoxy groups -OCH3 is 1. The summed E-state index contributed by atoms with van der Waals surface area (Å²) in [6, 6.07) is 4.60. The second-order valence-electron chi connectivity index (χ2n) is 3.89. The Kier molecular flexibility index (Phi) is 3.96. The van der Waals surface area contributed by atoms with Gasteiger partial charge in [0.2, 0.25) is 0 Å². The molecule has 0 atom stereocenters. The minimum absolute atomic E-state index is 0.00473. The fourth-order valence-electron chi connectivity index (χ4n) is 1.73. The van der Waals surface area contributed by atoms with Gasteiger partial charge in [-0.15, -0.1) is 0 Å². The van der Waals surface area contributed by atoms with Crippen LogP contribution in [0, 0.1) is 10.1 Å². The molecule has 1 aliphatic heterocycles. The highest BCUT2D eigenvalue weighted by atomic mass is 16.6. The molecule has 1 aliphatic rings. The van der Waals surface area contributed by atoms with E-state index in [1.807, 2.05) is 5.01 Å². The molecule has 0 amide bonds. The molecular weight excluding hydrogens is 238 g/mol. The zero-order valence-electron chi connectivity index (χ0n) is 10.1. The molecule has 0 saturated carbocycles. The Labute approximate surface area is 104 Å². The molecule has 0 spiro atoms. The number of nitrogens with one attached hydrogen (secondary N) is 1. The molecule has 1 heterocycles. The predicted molar refractivity (Wildman–Crippen MR) is 65.7 cm³/mol. The fourth-order valence-corrected chi connectivity index (χ4v) is 1.73. The van der Waals surface area contributed by atoms with Gasteiger partial charge in [-0.2, -0.15) is 0 Å². The molecule has 0 aliphatic carbocycles. The molecule has 0 aromatic heterocycles. The van der Waals surface area contributed by atoms with E-state index in [9.17, 15) is 10.1 Å². The first-order valence-electron chi connectivity index (χ1n) is 5.62. The highest BCUT2D eigenvalue weighted by molar-refractivity contribution is 5.55. The largest absolute Gasteiger partial charge is 0.496 e. The molecule has 7 heteroatoms. The van der Waals surface area contributed by atoms with E-state index < -0.39 is 4.92 Å². The topological polar surface area (TPSA) is 76.9 Å². The molecule has 1 saturated heterocycles. The Morgan fingerprint density at radius 3 is 2.72 bits per heavy atom. The van der Waals surface area contributed by atoms with E-state index in [0.29, 0.717) is 24.7 Å². The average molecular weight is 253 g/mol. The summed E-state index contributed by atoms with van der Waals surface area (Å²) in [6.45, 7) is 2.79. The van der Waals surface area contributed by atoms with Crippen LogP contribution in [0.25, 0.3) is 0 Å². The van der Waals surface area contributed by atoms with Crippen molar-refractivity contribution >= 4 is 11.4 Å². The zero-order chi connectivity index (χ0) is 13.0. The van der Waals surface area contributed by atoms with Crippen molar-refractivity contribution in [2.45, 2.75) is 0 Å². The summed E-state index contributed by atoms with van der Waals surface area (Å²) in [7, 11) is 1.48. The maximum Gasteiger partial charge on any atom is 0.275 e. The Morgan fingerprint density at radius 1 is 1.39 bits per heavy atom. The Morgan fingerprint density at radius 2 is 2.11 bits per heavy atom. The van der Waals surface area contributed by atoms with E-state index >= 15 is 0 Å². The number of hydrazine groups is 1. The summed E-state index contributed by atoms with van der Waals surface area (Å²) in [4.78, 5) is 10.4. The summed E-state index contributed by atoms with van der Waals surface area (Å²) in [6.07, 6.45) is 0. The first-order valence-corrected chi connectivity index (χ1v) is 5.62. The van der Waals surface area contributed by atoms with E-state index in [2.05, 4.69) is 5.43 Å². The number of nitro benzene ring substituents is 1. The molecule has 98 valence electrons. The number of benzene rings is 1. The third kappa shape index (κ3) is 3.08. The quantitative estimate of drug-likeness (QED) is 0.643. The van der Waals surface area contributed by atoms with Crippen molar-refractivity contribution in [2.75, 3.05) is 38.8 Å². The number of nitrogens with zero attached hydrogens (tertiary/aromatic N) is 2. The zero-order valence-corrected chi connectivity index (χ0v) is 10.1. The lowest BCUT2D eigenvalue weighted by atomic mass is 10.2. The highest BCUT2D eigenvalue weighted by Crippen LogP contribution is 2.26. The lowest BCUT2D eigenvalue weighted by Gasteiger charge is -2.27. The maximum atomic E-state index is 10.8. The van der Waals surface area contributed by atoms with Crippen LogP contribution in [0.15, 0.2) is 18.2 Å². The van der Waals surface area contributed by atoms with E-state index in [1.54, 1.807) is 6.07 Å². The molecule has 7 nitrogen and oxygen atoms in total. The van der Waals surface area contributed by atoms with Gasteiger partial charge in [0.15, 0.2) is 0 Å². The maximum absolute atomic E-state index is 10.8. The third-order valence-corrected chi connectivity index (χ3v) is 2.64. The van der Waals surface area contributed by atoms with Gasteiger partial charge in [-0.3, -0.25) is 10.1 Å². The Bertz CT molecular complexity index is 432. The van der Waals surface area contributed by atoms with Crippen molar-refractivity contribution in [3.05, 3.63) is 28.3 Å². The van der Waals surface area contributed by atoms with Crippen molar-refractivity contribution in [1.82, 2.24) is 5.01 Å². The molecule has 2 rings (SSSR count). The monoisotopic (exact) mass is 253 g/mol. The lowest BCUT2D eigenvalue weighted by molar-refractivity contribution is -0.384. The minimum atomic E-state index is -0.437. The number of hydrogen-bond donors (Lipinski definition) is 1. The predicted octanol–water partition coefficient (Wildman–Crippen LogP) is 1.26. The van der Waals surface area contributed by atoms with Gasteiger partial charge in [0, 0.05) is 25.2 Å². The molecule has 0 unspecified atom stereocenters. The van der Waals surface area contributed by atoms with Crippen LogP contribution >= 0.6 is 0 Å². The number of rotatable bonds is 4. The molecule has 1 fully saturated rings. The highest BCUT2D eigenvalue weighted by Gasteiger charge is 2.14. The summed E-state index contributed by atoms with van der Waals surface area (Å²) < 4.78 is 10.3. The van der Waals surface area contributed by atoms with Crippen LogP contribution in [-0.2, 0) is 4.74 Å². The van der Waals surface area contributed by atoms with Crippen molar-refractivity contribution < 1.29 is 14.4 Å². The van der Waals surface area contributed by atoms with Crippen LogP contribution in [0.2, 0.25) is 0 Å². The van der Waals surface area contributed by atoms with Crippen LogP contribution in [0.5, 0.6) is 5.75 Å². The van der Waals surface area contributed by atoms with E-state index in [0.717, 1.165) is 13.1 Å². The number of hydrogen-bond acceptors (Lipinski definition) is 6. The Balaban J connectivity index is 2.15. The summed E-state index contributed by atoms with van der Waals surface area (Å²) in [5.41, 5.74) is 3.77. The molecule has 1 aromatic carbocycles. The van der Waals surface area contributed by atoms with Gasteiger partial charge in [-0.25, -0.2) is 5.01 Å². The summed E-state index contributed by atoms with van der Waals surface area (Å²) >= 11 is 0. The fraction of sp³-hybridized carbons (Fsp3) is 0.455. The molecular formula is C11H15N3O4. The van der Waals surface area contributed by atoms with Crippen molar-refractivity contribution in [3.63, 3.8) is 0 Å². The molecule has 0 bridgehead atoms. The SMILES string of the molecule is COc1cc(NN2CCOCC2)cc([N+](=O)[O-])c1. The van der Waals surface area contributed by atoms with Gasteiger partial charge in [0.05, 0.1) is 37.0 Å². The van der Waals surface area contributed by atoms with Crippen LogP contribution < -0.4 is 10.2 Å². The molecule has 0 radical (unpaired) electrons. The van der Waals surface area contributed by atoms with Crippen LogP contribution in [-0.4, -0.2) is 43.3 Å². The van der Waals surface area contributed by atoms with Crippen molar-refractivity contribution in [3.8, 4) is 5.75 Å². The smallest absolute Gasteiger partial charge is 0.275 e. The number of ether oxygens (including phenoxy) is 2. The van der Waals surface area contributed by atoms with Gasteiger partial charge in [-0.1, -0.05) is 0 Å². The van der Waals surface area contributed by atoms with Crippen LogP contribution in [0.3, 0.4) is 0 Å². The number of nitro groups is 1. The van der Waals surface area contributed by atoms with E-state index in [4.69, 9.17) is 9.47 Å². The van der Waals surface area contributed by atoms with Gasteiger partial charge in [0.1, 0.15) is 5.75 Å². The normalized spacial score (nSPS) is 16.3. The van der Waals surface area contributed by atoms with E-state index in [1.165, 1.54) is 19.2 Å². The standard InChI is InChI=1S/C11H15N3O4/c1-17-11-7-9(6-10(8-11)14(15)16)12-13-2-4-18-5-3-13/h6-8,12H,2-5H2,1H3. The number of anilines is 1. The second-order valence-corrected chi connectivity index (χ2v) is 3.89. The average Bonchev–Trinajstić information content (AvgIpc) is 2.39. The Hall–Kier alpha value is -1.86. The summed E-state index contributed by atoms with van der Waals surface area (Å²) in [5, 5.41) is 12.8. The van der Waals surface area contributed by atoms with Crippen molar-refractivity contribution in [2.24, 2.45) is 0 Å². The van der Waals surface area contributed by atoms with Gasteiger partial charge in [-0.05, 0) is 0 Å². The van der Waals surface area contributed by atoms with Crippen LogP contribution in [0.4, 0.5) is 11.4 Å². The first kappa shape index (κ1) is 12.6. The molecule has 1 aromatic rings. The van der Waals surface area contributed by atoms with Gasteiger partial charge >= 0.3 is 0 Å². The van der Waals surface area contributed by atoms with Gasteiger partial charge < -0.3 is 14.9 Å². The number of morpholine rings is 1. The second kappa shape index (κ2) is 5.65. The molecule has 1 N–H and O–H groups in total. The lowest BCUT2D eigenvalue weighted by Crippen LogP contribution is -2.40. The summed E-state index contributed by atoms with van der Waals surface area (Å²) in [5.74, 6) is 0.458. The van der Waals surface area contributed by atoms with Crippen LogP contribution in [0.1, 0.15) is 0 Å².